The highest BCUT2D eigenvalue weighted by Crippen LogP contribution is 2.23. The fourth-order valence-electron chi connectivity index (χ4n) is 3.59. The van der Waals surface area contributed by atoms with E-state index in [1.54, 1.807) is 0 Å². The first-order valence-corrected chi connectivity index (χ1v) is 13.6. The Morgan fingerprint density at radius 3 is 1.36 bits per heavy atom. The molecule has 0 unspecified atom stereocenters. The SMILES string of the molecule is Cc1ccc(C(=O)C(C)(C)C)cc1.Cc1cccc(C(=O)C(C)(C)C)c1.Cc1ccccc1C(=O)C(C)(C)C. The molecule has 3 aromatic rings. The summed E-state index contributed by atoms with van der Waals surface area (Å²) in [6.07, 6.45) is 0. The molecule has 210 valence electrons. The van der Waals surface area contributed by atoms with Gasteiger partial charge in [0.2, 0.25) is 0 Å². The second kappa shape index (κ2) is 13.6. The van der Waals surface area contributed by atoms with Gasteiger partial charge in [-0.25, -0.2) is 0 Å². The van der Waals surface area contributed by atoms with E-state index in [1.165, 1.54) is 5.56 Å². The Balaban J connectivity index is 0.000000292. The normalized spacial score (nSPS) is 11.4. The molecule has 0 saturated carbocycles. The van der Waals surface area contributed by atoms with Crippen LogP contribution < -0.4 is 0 Å². The number of aryl methyl sites for hydroxylation is 3. The lowest BCUT2D eigenvalue weighted by Gasteiger charge is -2.17. The maximum Gasteiger partial charge on any atom is 0.168 e. The largest absolute Gasteiger partial charge is 0.294 e. The van der Waals surface area contributed by atoms with Crippen molar-refractivity contribution in [3.63, 3.8) is 0 Å². The third-order valence-electron chi connectivity index (χ3n) is 6.03. The van der Waals surface area contributed by atoms with E-state index in [9.17, 15) is 14.4 Å². The van der Waals surface area contributed by atoms with Gasteiger partial charge >= 0.3 is 0 Å². The summed E-state index contributed by atoms with van der Waals surface area (Å²) >= 11 is 0. The first kappa shape index (κ1) is 33.7. The van der Waals surface area contributed by atoms with Gasteiger partial charge in [-0.2, -0.15) is 0 Å². The molecule has 0 aromatic heterocycles. The van der Waals surface area contributed by atoms with Crippen molar-refractivity contribution < 1.29 is 14.4 Å². The molecule has 3 heteroatoms. The Labute approximate surface area is 237 Å². The van der Waals surface area contributed by atoms with E-state index in [0.717, 1.165) is 27.8 Å². The van der Waals surface area contributed by atoms with Crippen LogP contribution in [0.15, 0.2) is 72.8 Å². The van der Waals surface area contributed by atoms with Gasteiger partial charge in [-0.3, -0.25) is 14.4 Å². The third-order valence-corrected chi connectivity index (χ3v) is 6.03. The molecule has 3 nitrogen and oxygen atoms in total. The molecule has 0 N–H and O–H groups in total. The number of hydrogen-bond donors (Lipinski definition) is 0. The van der Waals surface area contributed by atoms with E-state index >= 15 is 0 Å². The second-order valence-corrected chi connectivity index (χ2v) is 13.3. The van der Waals surface area contributed by atoms with Crippen molar-refractivity contribution in [1.29, 1.82) is 0 Å². The highest BCUT2D eigenvalue weighted by atomic mass is 16.1. The molecule has 0 aliphatic rings. The lowest BCUT2D eigenvalue weighted by Crippen LogP contribution is -2.20. The van der Waals surface area contributed by atoms with Crippen molar-refractivity contribution in [3.8, 4) is 0 Å². The molecule has 0 atom stereocenters. The summed E-state index contributed by atoms with van der Waals surface area (Å²) in [6, 6.07) is 23.2. The Bertz CT molecular complexity index is 1260. The van der Waals surface area contributed by atoms with Gasteiger partial charge in [0.15, 0.2) is 17.3 Å². The molecule has 0 aliphatic carbocycles. The minimum absolute atomic E-state index is 0.201. The average molecular weight is 529 g/mol. The van der Waals surface area contributed by atoms with Crippen molar-refractivity contribution in [1.82, 2.24) is 0 Å². The van der Waals surface area contributed by atoms with Gasteiger partial charge < -0.3 is 0 Å². The van der Waals surface area contributed by atoms with Crippen LogP contribution >= 0.6 is 0 Å². The Kier molecular flexibility index (Phi) is 11.8. The van der Waals surface area contributed by atoms with Crippen LogP contribution in [0.2, 0.25) is 0 Å². The summed E-state index contributed by atoms with van der Waals surface area (Å²) in [4.78, 5) is 35.5. The summed E-state index contributed by atoms with van der Waals surface area (Å²) < 4.78 is 0. The van der Waals surface area contributed by atoms with Gasteiger partial charge in [-0.15, -0.1) is 0 Å². The predicted molar refractivity (Wildman–Crippen MR) is 165 cm³/mol. The van der Waals surface area contributed by atoms with Crippen molar-refractivity contribution in [2.75, 3.05) is 0 Å². The van der Waals surface area contributed by atoms with E-state index in [4.69, 9.17) is 0 Å². The number of carbonyl (C=O) groups is 3. The van der Waals surface area contributed by atoms with Gasteiger partial charge in [0.1, 0.15) is 0 Å². The van der Waals surface area contributed by atoms with E-state index in [1.807, 2.05) is 156 Å². The van der Waals surface area contributed by atoms with Crippen LogP contribution in [0.25, 0.3) is 0 Å². The van der Waals surface area contributed by atoms with Crippen LogP contribution in [0.4, 0.5) is 0 Å². The van der Waals surface area contributed by atoms with Crippen molar-refractivity contribution in [2.45, 2.75) is 83.1 Å². The lowest BCUT2D eigenvalue weighted by atomic mass is 9.85. The van der Waals surface area contributed by atoms with Gasteiger partial charge in [0.25, 0.3) is 0 Å². The first-order valence-electron chi connectivity index (χ1n) is 13.6. The molecule has 3 rings (SSSR count). The second-order valence-electron chi connectivity index (χ2n) is 13.3. The fourth-order valence-corrected chi connectivity index (χ4v) is 3.59. The van der Waals surface area contributed by atoms with E-state index in [0.29, 0.717) is 0 Å². The number of benzene rings is 3. The molecule has 0 fully saturated rings. The molecule has 39 heavy (non-hydrogen) atoms. The van der Waals surface area contributed by atoms with Gasteiger partial charge in [-0.05, 0) is 32.4 Å². The quantitative estimate of drug-likeness (QED) is 0.318. The molecule has 0 saturated heterocycles. The number of ketones is 3. The molecule has 0 spiro atoms. The van der Waals surface area contributed by atoms with E-state index < -0.39 is 0 Å². The standard InChI is InChI=1S/3C12H16O/c1-9-5-7-10(8-6-9)11(13)12(2,3)4;1-9-6-5-7-10(8-9)11(13)12(2,3)4;1-9-7-5-6-8-10(9)11(13)12(2,3)4/h3*5-8H,1-4H3. The summed E-state index contributed by atoms with van der Waals surface area (Å²) in [6.45, 7) is 23.5. The number of carbonyl (C=O) groups excluding carboxylic acids is 3. The molecule has 0 bridgehead atoms. The highest BCUT2D eigenvalue weighted by molar-refractivity contribution is 6.01. The maximum atomic E-state index is 11.9. The fraction of sp³-hybridized carbons (Fsp3) is 0.417. The molecule has 0 radical (unpaired) electrons. The van der Waals surface area contributed by atoms with Crippen molar-refractivity contribution in [2.24, 2.45) is 16.2 Å². The van der Waals surface area contributed by atoms with Gasteiger partial charge in [0, 0.05) is 32.9 Å². The van der Waals surface area contributed by atoms with Gasteiger partial charge in [-0.1, -0.05) is 140 Å². The van der Waals surface area contributed by atoms with Crippen LogP contribution in [-0.2, 0) is 0 Å². The molecule has 3 aromatic carbocycles. The zero-order valence-corrected chi connectivity index (χ0v) is 26.2. The van der Waals surface area contributed by atoms with Crippen LogP contribution in [0.1, 0.15) is 110 Å². The number of rotatable bonds is 3. The average Bonchev–Trinajstić information content (AvgIpc) is 2.82. The maximum absolute atomic E-state index is 11.9. The summed E-state index contributed by atoms with van der Waals surface area (Å²) in [5, 5.41) is 0. The van der Waals surface area contributed by atoms with Crippen LogP contribution in [0, 0.1) is 37.0 Å². The number of hydrogen-bond acceptors (Lipinski definition) is 3. The van der Waals surface area contributed by atoms with Crippen LogP contribution in [-0.4, -0.2) is 17.3 Å². The number of Topliss-reactive ketones (excluding diaryl/α,β-unsaturated/α-hetero) is 3. The van der Waals surface area contributed by atoms with E-state index in [2.05, 4.69) is 0 Å². The first-order chi connectivity index (χ1) is 17.7. The Morgan fingerprint density at radius 2 is 0.923 bits per heavy atom. The van der Waals surface area contributed by atoms with Crippen molar-refractivity contribution >= 4 is 17.3 Å². The smallest absolute Gasteiger partial charge is 0.168 e. The lowest BCUT2D eigenvalue weighted by molar-refractivity contribution is 0.0852. The zero-order valence-electron chi connectivity index (χ0n) is 26.2. The van der Waals surface area contributed by atoms with Gasteiger partial charge in [0.05, 0.1) is 0 Å². The minimum Gasteiger partial charge on any atom is -0.294 e. The molecule has 0 aliphatic heterocycles. The summed E-state index contributed by atoms with van der Waals surface area (Å²) in [7, 11) is 0. The summed E-state index contributed by atoms with van der Waals surface area (Å²) in [5.74, 6) is 0.620. The van der Waals surface area contributed by atoms with Crippen molar-refractivity contribution in [3.05, 3.63) is 106 Å². The predicted octanol–water partition coefficient (Wildman–Crippen LogP) is 9.67. The van der Waals surface area contributed by atoms with E-state index in [-0.39, 0.29) is 33.6 Å². The molecular weight excluding hydrogens is 480 g/mol. The monoisotopic (exact) mass is 528 g/mol. The molecule has 0 heterocycles. The van der Waals surface area contributed by atoms with Crippen LogP contribution in [0.3, 0.4) is 0 Å². The summed E-state index contributed by atoms with van der Waals surface area (Å²) in [5.41, 5.74) is 4.98. The third kappa shape index (κ3) is 11.1. The molecule has 0 amide bonds. The topological polar surface area (TPSA) is 51.2 Å². The minimum atomic E-state index is -0.286. The van der Waals surface area contributed by atoms with Crippen LogP contribution in [0.5, 0.6) is 0 Å². The highest BCUT2D eigenvalue weighted by Gasteiger charge is 2.24. The molecular formula is C36H48O3. The Hall–Kier alpha value is -3.33. The zero-order chi connectivity index (χ0) is 30.2. The Morgan fingerprint density at radius 1 is 0.462 bits per heavy atom.